The first-order chi connectivity index (χ1) is 9.81. The molecule has 0 saturated carbocycles. The van der Waals surface area contributed by atoms with Gasteiger partial charge in [-0.3, -0.25) is 0 Å². The molecule has 0 spiro atoms. The van der Waals surface area contributed by atoms with Crippen LogP contribution in [0.4, 0.5) is 17.6 Å². The fourth-order valence-corrected chi connectivity index (χ4v) is 2.27. The van der Waals surface area contributed by atoms with E-state index in [2.05, 4.69) is 0 Å². The first-order valence-electron chi connectivity index (χ1n) is 6.03. The normalized spacial score (nSPS) is 12.4. The maximum Gasteiger partial charge on any atom is 0.404 e. The summed E-state index contributed by atoms with van der Waals surface area (Å²) in [5.74, 6) is -0.788. The summed E-state index contributed by atoms with van der Waals surface area (Å²) in [6.07, 6.45) is -4.94. The second kappa shape index (κ2) is 5.27. The Morgan fingerprint density at radius 1 is 0.810 bits per heavy atom. The number of halogens is 4. The summed E-state index contributed by atoms with van der Waals surface area (Å²) in [5, 5.41) is 18.8. The predicted octanol–water partition coefficient (Wildman–Crippen LogP) is 3.92. The molecule has 2 rings (SSSR count). The van der Waals surface area contributed by atoms with Crippen LogP contribution in [0.15, 0.2) is 48.5 Å². The Balaban J connectivity index is 2.76. The quantitative estimate of drug-likeness (QED) is 0.844. The number of phenolic OH excluding ortho intramolecular Hbond substituents is 2. The van der Waals surface area contributed by atoms with Gasteiger partial charge in [0.05, 0.1) is 0 Å². The lowest BCUT2D eigenvalue weighted by Crippen LogP contribution is -2.45. The van der Waals surface area contributed by atoms with Crippen LogP contribution in [0.1, 0.15) is 11.1 Å². The maximum absolute atomic E-state index is 13.6. The first-order valence-corrected chi connectivity index (χ1v) is 6.03. The largest absolute Gasteiger partial charge is 0.508 e. The summed E-state index contributed by atoms with van der Waals surface area (Å²) in [6, 6.07) is 8.76. The SMILES string of the molecule is Oc1cccc(C(CF)(c2cccc(O)c2)C(F)(F)F)c1. The van der Waals surface area contributed by atoms with E-state index in [1.807, 2.05) is 0 Å². The zero-order valence-electron chi connectivity index (χ0n) is 10.7. The van der Waals surface area contributed by atoms with Crippen molar-refractivity contribution < 1.29 is 27.8 Å². The number of hydrogen-bond donors (Lipinski definition) is 2. The second-order valence-corrected chi connectivity index (χ2v) is 4.64. The molecule has 0 bridgehead atoms. The lowest BCUT2D eigenvalue weighted by atomic mass is 9.74. The van der Waals surface area contributed by atoms with Crippen molar-refractivity contribution in [2.75, 3.05) is 6.67 Å². The van der Waals surface area contributed by atoms with Crippen LogP contribution < -0.4 is 0 Å². The van der Waals surface area contributed by atoms with E-state index in [0.717, 1.165) is 24.3 Å². The molecular formula is C15H12F4O2. The van der Waals surface area contributed by atoms with Gasteiger partial charge in [-0.05, 0) is 35.4 Å². The van der Waals surface area contributed by atoms with Crippen molar-refractivity contribution in [1.82, 2.24) is 0 Å². The first kappa shape index (κ1) is 15.2. The van der Waals surface area contributed by atoms with Crippen LogP contribution in [0.5, 0.6) is 11.5 Å². The Labute approximate surface area is 118 Å². The van der Waals surface area contributed by atoms with Crippen LogP contribution >= 0.6 is 0 Å². The number of hydrogen-bond acceptors (Lipinski definition) is 2. The van der Waals surface area contributed by atoms with E-state index in [1.54, 1.807) is 0 Å². The number of phenols is 2. The molecular weight excluding hydrogens is 288 g/mol. The molecule has 2 aromatic carbocycles. The van der Waals surface area contributed by atoms with Crippen molar-refractivity contribution in [3.63, 3.8) is 0 Å². The minimum absolute atomic E-state index is 0.394. The van der Waals surface area contributed by atoms with Crippen LogP contribution in [0, 0.1) is 0 Å². The highest BCUT2D eigenvalue weighted by molar-refractivity contribution is 5.46. The molecule has 21 heavy (non-hydrogen) atoms. The zero-order chi connectivity index (χ0) is 15.7. The Kier molecular flexibility index (Phi) is 3.80. The van der Waals surface area contributed by atoms with Gasteiger partial charge in [-0.2, -0.15) is 13.2 Å². The van der Waals surface area contributed by atoms with Crippen LogP contribution in [0.25, 0.3) is 0 Å². The fourth-order valence-electron chi connectivity index (χ4n) is 2.27. The van der Waals surface area contributed by atoms with E-state index in [4.69, 9.17) is 0 Å². The van der Waals surface area contributed by atoms with Crippen molar-refractivity contribution >= 4 is 0 Å². The third kappa shape index (κ3) is 2.53. The third-order valence-electron chi connectivity index (χ3n) is 3.36. The molecule has 6 heteroatoms. The van der Waals surface area contributed by atoms with Crippen molar-refractivity contribution in [3.8, 4) is 11.5 Å². The Morgan fingerprint density at radius 2 is 1.24 bits per heavy atom. The van der Waals surface area contributed by atoms with Crippen LogP contribution in [0.3, 0.4) is 0 Å². The van der Waals surface area contributed by atoms with Gasteiger partial charge in [0.25, 0.3) is 0 Å². The van der Waals surface area contributed by atoms with Gasteiger partial charge in [0.2, 0.25) is 0 Å². The maximum atomic E-state index is 13.6. The fraction of sp³-hybridized carbons (Fsp3) is 0.200. The summed E-state index contributed by atoms with van der Waals surface area (Å²) >= 11 is 0. The van der Waals surface area contributed by atoms with E-state index in [9.17, 15) is 27.8 Å². The Bertz CT molecular complexity index is 592. The molecule has 112 valence electrons. The van der Waals surface area contributed by atoms with Crippen LogP contribution in [-0.2, 0) is 5.41 Å². The molecule has 0 aliphatic heterocycles. The molecule has 0 amide bonds. The lowest BCUT2D eigenvalue weighted by molar-refractivity contribution is -0.182. The summed E-state index contributed by atoms with van der Waals surface area (Å²) < 4.78 is 54.4. The molecule has 0 aliphatic rings. The summed E-state index contributed by atoms with van der Waals surface area (Å²) in [5.41, 5.74) is -3.80. The zero-order valence-corrected chi connectivity index (χ0v) is 10.7. The van der Waals surface area contributed by atoms with Crippen molar-refractivity contribution in [2.24, 2.45) is 0 Å². The monoisotopic (exact) mass is 300 g/mol. The topological polar surface area (TPSA) is 40.5 Å². The molecule has 0 radical (unpaired) electrons. The Morgan fingerprint density at radius 3 is 1.52 bits per heavy atom. The Hall–Kier alpha value is -2.24. The van der Waals surface area contributed by atoms with Gasteiger partial charge < -0.3 is 10.2 Å². The molecule has 0 aliphatic carbocycles. The number of aromatic hydroxyl groups is 2. The molecule has 2 aromatic rings. The van der Waals surface area contributed by atoms with Crippen molar-refractivity contribution in [1.29, 1.82) is 0 Å². The van der Waals surface area contributed by atoms with Crippen LogP contribution in [-0.4, -0.2) is 23.1 Å². The molecule has 2 nitrogen and oxygen atoms in total. The standard InChI is InChI=1S/C15H12F4O2/c16-9-14(15(17,18)19,10-3-1-5-12(20)7-10)11-4-2-6-13(21)8-11/h1-8,20-21H,9H2. The summed E-state index contributed by atoms with van der Waals surface area (Å²) in [7, 11) is 0. The minimum atomic E-state index is -4.94. The smallest absolute Gasteiger partial charge is 0.404 e. The van der Waals surface area contributed by atoms with Gasteiger partial charge >= 0.3 is 6.18 Å². The van der Waals surface area contributed by atoms with Crippen molar-refractivity contribution in [3.05, 3.63) is 59.7 Å². The van der Waals surface area contributed by atoms with Gasteiger partial charge in [-0.1, -0.05) is 24.3 Å². The average molecular weight is 300 g/mol. The van der Waals surface area contributed by atoms with E-state index < -0.39 is 40.9 Å². The highest BCUT2D eigenvalue weighted by Crippen LogP contribution is 2.47. The number of rotatable bonds is 3. The molecule has 0 saturated heterocycles. The van der Waals surface area contributed by atoms with Crippen LogP contribution in [0.2, 0.25) is 0 Å². The van der Waals surface area contributed by atoms with Gasteiger partial charge in [-0.25, -0.2) is 4.39 Å². The molecule has 0 aromatic heterocycles. The van der Waals surface area contributed by atoms with E-state index in [0.29, 0.717) is 0 Å². The average Bonchev–Trinajstić information content (AvgIpc) is 2.38. The van der Waals surface area contributed by atoms with E-state index >= 15 is 0 Å². The summed E-state index contributed by atoms with van der Waals surface area (Å²) in [4.78, 5) is 0. The second-order valence-electron chi connectivity index (χ2n) is 4.64. The molecule has 2 N–H and O–H groups in total. The highest BCUT2D eigenvalue weighted by Gasteiger charge is 2.57. The van der Waals surface area contributed by atoms with Gasteiger partial charge in [0.1, 0.15) is 23.6 Å². The highest BCUT2D eigenvalue weighted by atomic mass is 19.4. The van der Waals surface area contributed by atoms with Gasteiger partial charge in [0.15, 0.2) is 0 Å². The van der Waals surface area contributed by atoms with Crippen molar-refractivity contribution in [2.45, 2.75) is 11.6 Å². The van der Waals surface area contributed by atoms with E-state index in [1.165, 1.54) is 24.3 Å². The van der Waals surface area contributed by atoms with Gasteiger partial charge in [0, 0.05) is 0 Å². The summed E-state index contributed by atoms with van der Waals surface area (Å²) in [6.45, 7) is -1.75. The van der Waals surface area contributed by atoms with Gasteiger partial charge in [-0.15, -0.1) is 0 Å². The predicted molar refractivity (Wildman–Crippen MR) is 69.0 cm³/mol. The minimum Gasteiger partial charge on any atom is -0.508 e. The molecule has 0 fully saturated rings. The number of alkyl halides is 4. The third-order valence-corrected chi connectivity index (χ3v) is 3.36. The molecule has 0 unspecified atom stereocenters. The molecule has 0 atom stereocenters. The molecule has 0 heterocycles. The number of benzene rings is 2. The van der Waals surface area contributed by atoms with E-state index in [-0.39, 0.29) is 0 Å². The lowest BCUT2D eigenvalue weighted by Gasteiger charge is -2.34.